The summed E-state index contributed by atoms with van der Waals surface area (Å²) in [6.07, 6.45) is -1.04. The van der Waals surface area contributed by atoms with Crippen LogP contribution in [0.4, 0.5) is 18.0 Å². The molecule has 0 saturated carbocycles. The van der Waals surface area contributed by atoms with Crippen molar-refractivity contribution in [3.8, 4) is 0 Å². The molecule has 0 aliphatic carbocycles. The first-order valence-electron chi connectivity index (χ1n) is 7.48. The van der Waals surface area contributed by atoms with Gasteiger partial charge in [-0.2, -0.15) is 13.2 Å². The van der Waals surface area contributed by atoms with Crippen LogP contribution in [0.1, 0.15) is 31.9 Å². The molecule has 0 bridgehead atoms. The van der Waals surface area contributed by atoms with Crippen LogP contribution in [0.2, 0.25) is 0 Å². The predicted molar refractivity (Wildman–Crippen MR) is 89.5 cm³/mol. The van der Waals surface area contributed by atoms with E-state index in [0.29, 0.717) is 23.1 Å². The summed E-state index contributed by atoms with van der Waals surface area (Å²) in [5.74, 6) is 0.173. The van der Waals surface area contributed by atoms with Crippen LogP contribution in [0.15, 0.2) is 28.7 Å². The van der Waals surface area contributed by atoms with Crippen LogP contribution in [0.5, 0.6) is 0 Å². The molecule has 0 unspecified atom stereocenters. The van der Waals surface area contributed by atoms with E-state index in [1.54, 1.807) is 11.0 Å². The number of hydrogen-bond acceptors (Lipinski definition) is 2. The molecule has 1 amide bonds. The smallest absolute Gasteiger partial charge is 0.416 e. The number of nitrogens with zero attached hydrogens (tertiary/aromatic N) is 1. The third kappa shape index (κ3) is 5.00. The predicted octanol–water partition coefficient (Wildman–Crippen LogP) is 5.35. The van der Waals surface area contributed by atoms with E-state index in [1.165, 1.54) is 6.07 Å². The Bertz CT molecular complexity index is 644. The summed E-state index contributed by atoms with van der Waals surface area (Å²) < 4.78 is 43.5. The topological polar surface area (TPSA) is 29.5 Å². The van der Waals surface area contributed by atoms with Crippen LogP contribution in [0.25, 0.3) is 6.08 Å². The highest BCUT2D eigenvalue weighted by Gasteiger charge is 2.32. The van der Waals surface area contributed by atoms with E-state index in [9.17, 15) is 18.0 Å². The second kappa shape index (κ2) is 6.78. The minimum absolute atomic E-state index is 0.173. The molecule has 1 saturated heterocycles. The monoisotopic (exact) mass is 405 g/mol. The Hall–Kier alpha value is -1.50. The second-order valence-electron chi connectivity index (χ2n) is 6.74. The SMILES string of the molecule is CC(C)(C)OC(=O)N1CC(/C=C/c2ccc(C(F)(F)F)cc2Br)C1. The fourth-order valence-electron chi connectivity index (χ4n) is 2.19. The van der Waals surface area contributed by atoms with Gasteiger partial charge in [-0.25, -0.2) is 4.79 Å². The fourth-order valence-corrected chi connectivity index (χ4v) is 2.70. The number of carbonyl (C=O) groups is 1. The Morgan fingerprint density at radius 1 is 1.29 bits per heavy atom. The van der Waals surface area contributed by atoms with Gasteiger partial charge in [0.15, 0.2) is 0 Å². The van der Waals surface area contributed by atoms with Crippen LogP contribution in [0, 0.1) is 5.92 Å². The fraction of sp³-hybridized carbons (Fsp3) is 0.471. The van der Waals surface area contributed by atoms with E-state index in [4.69, 9.17) is 4.74 Å². The first-order valence-corrected chi connectivity index (χ1v) is 8.28. The molecule has 0 N–H and O–H groups in total. The van der Waals surface area contributed by atoms with Crippen molar-refractivity contribution in [1.82, 2.24) is 4.90 Å². The summed E-state index contributed by atoms with van der Waals surface area (Å²) in [4.78, 5) is 13.4. The first-order chi connectivity index (χ1) is 11.0. The minimum Gasteiger partial charge on any atom is -0.444 e. The Morgan fingerprint density at radius 2 is 1.92 bits per heavy atom. The lowest BCUT2D eigenvalue weighted by molar-refractivity contribution is -0.137. The molecule has 0 aromatic heterocycles. The molecule has 0 spiro atoms. The highest BCUT2D eigenvalue weighted by atomic mass is 79.9. The Balaban J connectivity index is 1.91. The van der Waals surface area contributed by atoms with Crippen LogP contribution in [0.3, 0.4) is 0 Å². The van der Waals surface area contributed by atoms with Gasteiger partial charge >= 0.3 is 12.3 Å². The summed E-state index contributed by atoms with van der Waals surface area (Å²) in [5, 5.41) is 0. The van der Waals surface area contributed by atoms with E-state index in [-0.39, 0.29) is 12.0 Å². The van der Waals surface area contributed by atoms with Gasteiger partial charge in [0, 0.05) is 23.5 Å². The van der Waals surface area contributed by atoms with E-state index in [1.807, 2.05) is 26.8 Å². The summed E-state index contributed by atoms with van der Waals surface area (Å²) >= 11 is 3.16. The van der Waals surface area contributed by atoms with Gasteiger partial charge in [-0.15, -0.1) is 0 Å². The number of ether oxygens (including phenoxy) is 1. The van der Waals surface area contributed by atoms with Crippen LogP contribution >= 0.6 is 15.9 Å². The molecule has 0 atom stereocenters. The summed E-state index contributed by atoms with van der Waals surface area (Å²) in [7, 11) is 0. The average molecular weight is 406 g/mol. The lowest BCUT2D eigenvalue weighted by Crippen LogP contribution is -2.50. The molecule has 24 heavy (non-hydrogen) atoms. The van der Waals surface area contributed by atoms with Gasteiger partial charge < -0.3 is 9.64 Å². The molecular weight excluding hydrogens is 387 g/mol. The normalized spacial score (nSPS) is 16.4. The van der Waals surface area contributed by atoms with Crippen molar-refractivity contribution in [3.05, 3.63) is 39.9 Å². The van der Waals surface area contributed by atoms with Crippen molar-refractivity contribution in [3.63, 3.8) is 0 Å². The number of carbonyl (C=O) groups excluding carboxylic acids is 1. The van der Waals surface area contributed by atoms with Crippen molar-refractivity contribution in [2.24, 2.45) is 5.92 Å². The maximum absolute atomic E-state index is 12.6. The van der Waals surface area contributed by atoms with Gasteiger partial charge in [0.2, 0.25) is 0 Å². The molecule has 2 rings (SSSR count). The minimum atomic E-state index is -4.35. The maximum atomic E-state index is 12.6. The molecule has 1 aromatic rings. The Labute approximate surface area is 147 Å². The Kier molecular flexibility index (Phi) is 5.32. The number of hydrogen-bond donors (Lipinski definition) is 0. The van der Waals surface area contributed by atoms with Crippen molar-refractivity contribution < 1.29 is 22.7 Å². The lowest BCUT2D eigenvalue weighted by atomic mass is 9.99. The number of alkyl halides is 3. The van der Waals surface area contributed by atoms with Gasteiger partial charge in [0.1, 0.15) is 5.60 Å². The van der Waals surface area contributed by atoms with Crippen LogP contribution < -0.4 is 0 Å². The second-order valence-corrected chi connectivity index (χ2v) is 7.59. The van der Waals surface area contributed by atoms with Crippen LogP contribution in [-0.2, 0) is 10.9 Å². The highest BCUT2D eigenvalue weighted by Crippen LogP contribution is 2.33. The van der Waals surface area contributed by atoms with E-state index in [0.717, 1.165) is 12.1 Å². The summed E-state index contributed by atoms with van der Waals surface area (Å²) in [6, 6.07) is 3.54. The van der Waals surface area contributed by atoms with Crippen molar-refractivity contribution in [2.75, 3.05) is 13.1 Å². The molecule has 1 aliphatic rings. The van der Waals surface area contributed by atoms with E-state index in [2.05, 4.69) is 15.9 Å². The van der Waals surface area contributed by atoms with Gasteiger partial charge in [-0.1, -0.05) is 34.1 Å². The van der Waals surface area contributed by atoms with Crippen molar-refractivity contribution >= 4 is 28.1 Å². The van der Waals surface area contributed by atoms with E-state index < -0.39 is 17.3 Å². The van der Waals surface area contributed by atoms with Crippen LogP contribution in [-0.4, -0.2) is 29.7 Å². The van der Waals surface area contributed by atoms with Gasteiger partial charge in [-0.05, 0) is 38.5 Å². The van der Waals surface area contributed by atoms with Gasteiger partial charge in [0.05, 0.1) is 5.56 Å². The average Bonchev–Trinajstić information content (AvgIpc) is 2.35. The van der Waals surface area contributed by atoms with E-state index >= 15 is 0 Å². The third-order valence-corrected chi connectivity index (χ3v) is 4.12. The maximum Gasteiger partial charge on any atom is 0.416 e. The van der Waals surface area contributed by atoms with Crippen molar-refractivity contribution in [2.45, 2.75) is 32.5 Å². The molecule has 1 aliphatic heterocycles. The lowest BCUT2D eigenvalue weighted by Gasteiger charge is -2.38. The number of amides is 1. The summed E-state index contributed by atoms with van der Waals surface area (Å²) in [6.45, 7) is 6.52. The van der Waals surface area contributed by atoms with Gasteiger partial charge in [-0.3, -0.25) is 0 Å². The molecular formula is C17H19BrF3NO2. The molecule has 1 heterocycles. The standard InChI is InChI=1S/C17H19BrF3NO2/c1-16(2,3)24-15(23)22-9-11(10-22)4-5-12-6-7-13(8-14(12)18)17(19,20)21/h4-8,11H,9-10H2,1-3H3/b5-4+. The summed E-state index contributed by atoms with van der Waals surface area (Å²) in [5.41, 5.74) is -0.548. The molecule has 132 valence electrons. The number of benzene rings is 1. The molecule has 3 nitrogen and oxygen atoms in total. The number of likely N-dealkylation sites (tertiary alicyclic amines) is 1. The zero-order valence-electron chi connectivity index (χ0n) is 13.7. The zero-order chi connectivity index (χ0) is 18.1. The first kappa shape index (κ1) is 18.8. The molecule has 0 radical (unpaired) electrons. The number of halogens is 4. The van der Waals surface area contributed by atoms with Gasteiger partial charge in [0.25, 0.3) is 0 Å². The third-order valence-electron chi connectivity index (χ3n) is 3.44. The molecule has 7 heteroatoms. The quantitative estimate of drug-likeness (QED) is 0.663. The number of rotatable bonds is 2. The van der Waals surface area contributed by atoms with Crippen molar-refractivity contribution in [1.29, 1.82) is 0 Å². The molecule has 1 fully saturated rings. The molecule has 1 aromatic carbocycles. The largest absolute Gasteiger partial charge is 0.444 e. The zero-order valence-corrected chi connectivity index (χ0v) is 15.2. The highest BCUT2D eigenvalue weighted by molar-refractivity contribution is 9.10. The Morgan fingerprint density at radius 3 is 2.42 bits per heavy atom.